The summed E-state index contributed by atoms with van der Waals surface area (Å²) in [4.78, 5) is 13.7. The van der Waals surface area contributed by atoms with E-state index in [0.717, 1.165) is 5.56 Å². The van der Waals surface area contributed by atoms with Gasteiger partial charge in [-0.25, -0.2) is 9.79 Å². The molecule has 0 aromatic heterocycles. The van der Waals surface area contributed by atoms with Crippen molar-refractivity contribution in [2.75, 3.05) is 0 Å². The van der Waals surface area contributed by atoms with Gasteiger partial charge in [0, 0.05) is 0 Å². The Hall–Kier alpha value is -1.40. The zero-order valence-corrected chi connectivity index (χ0v) is 9.79. The Kier molecular flexibility index (Phi) is 3.81. The van der Waals surface area contributed by atoms with E-state index in [1.807, 2.05) is 0 Å². The minimum Gasteiger partial charge on any atom is -0.211 e. The topological polar surface area (TPSA) is 29.4 Å². The number of aryl methyl sites for hydroxylation is 1. The molecule has 15 heavy (non-hydrogen) atoms. The zero-order chi connectivity index (χ0) is 11.4. The van der Waals surface area contributed by atoms with Crippen LogP contribution in [0.1, 0.15) is 42.0 Å². The van der Waals surface area contributed by atoms with Crippen molar-refractivity contribution in [1.82, 2.24) is 0 Å². The summed E-state index contributed by atoms with van der Waals surface area (Å²) in [6, 6.07) is 4.34. The first kappa shape index (κ1) is 11.7. The maximum Gasteiger partial charge on any atom is 0.235 e. The Labute approximate surface area is 91.0 Å². The van der Waals surface area contributed by atoms with Crippen LogP contribution in [0.3, 0.4) is 0 Å². The molecule has 0 aliphatic carbocycles. The van der Waals surface area contributed by atoms with Gasteiger partial charge >= 0.3 is 0 Å². The third kappa shape index (κ3) is 2.77. The Morgan fingerprint density at radius 1 is 1.33 bits per heavy atom. The molecule has 0 saturated carbocycles. The molecule has 2 heteroatoms. The third-order valence-corrected chi connectivity index (χ3v) is 2.78. The second-order valence-corrected chi connectivity index (χ2v) is 4.18. The number of hydrogen-bond donors (Lipinski definition) is 0. The van der Waals surface area contributed by atoms with Gasteiger partial charge in [0.1, 0.15) is 0 Å². The van der Waals surface area contributed by atoms with Crippen LogP contribution in [0.4, 0.5) is 0 Å². The Morgan fingerprint density at radius 2 is 2.00 bits per heavy atom. The van der Waals surface area contributed by atoms with E-state index in [4.69, 9.17) is 0 Å². The van der Waals surface area contributed by atoms with Crippen molar-refractivity contribution in [3.05, 3.63) is 34.4 Å². The van der Waals surface area contributed by atoms with E-state index in [1.165, 1.54) is 16.7 Å². The third-order valence-electron chi connectivity index (χ3n) is 2.78. The van der Waals surface area contributed by atoms with Crippen LogP contribution in [0.2, 0.25) is 0 Å². The standard InChI is InChI=1S/C13H17NO/c1-9(2)12-5-10(3)11(4)13(6-12)7-14-8-15/h5-6,9H,7H2,1-4H3. The molecule has 1 aromatic carbocycles. The molecule has 0 spiro atoms. The van der Waals surface area contributed by atoms with Crippen molar-refractivity contribution in [1.29, 1.82) is 0 Å². The summed E-state index contributed by atoms with van der Waals surface area (Å²) in [6.07, 6.45) is 1.59. The average Bonchev–Trinajstić information content (AvgIpc) is 2.19. The predicted octanol–water partition coefficient (Wildman–Crippen LogP) is 3.26. The molecule has 0 unspecified atom stereocenters. The molecular weight excluding hydrogens is 186 g/mol. The minimum atomic E-state index is 0.441. The van der Waals surface area contributed by atoms with E-state index in [1.54, 1.807) is 6.08 Å². The summed E-state index contributed by atoms with van der Waals surface area (Å²) >= 11 is 0. The van der Waals surface area contributed by atoms with Crippen LogP contribution in [0.5, 0.6) is 0 Å². The molecule has 0 aliphatic heterocycles. The van der Waals surface area contributed by atoms with Gasteiger partial charge in [0.15, 0.2) is 0 Å². The van der Waals surface area contributed by atoms with Crippen LogP contribution < -0.4 is 0 Å². The molecule has 1 aromatic rings. The molecular formula is C13H17NO. The second kappa shape index (κ2) is 4.90. The lowest BCUT2D eigenvalue weighted by molar-refractivity contribution is 0.562. The number of aliphatic imine (C=N–C) groups is 1. The molecule has 2 nitrogen and oxygen atoms in total. The first-order valence-electron chi connectivity index (χ1n) is 5.20. The molecule has 80 valence electrons. The number of benzene rings is 1. The largest absolute Gasteiger partial charge is 0.235 e. The molecule has 0 fully saturated rings. The van der Waals surface area contributed by atoms with E-state index < -0.39 is 0 Å². The Balaban J connectivity index is 3.18. The molecule has 0 saturated heterocycles. The zero-order valence-electron chi connectivity index (χ0n) is 9.79. The highest BCUT2D eigenvalue weighted by Crippen LogP contribution is 2.22. The smallest absolute Gasteiger partial charge is 0.211 e. The van der Waals surface area contributed by atoms with Gasteiger partial charge in [-0.3, -0.25) is 0 Å². The second-order valence-electron chi connectivity index (χ2n) is 4.18. The summed E-state index contributed by atoms with van der Waals surface area (Å²) < 4.78 is 0. The van der Waals surface area contributed by atoms with E-state index in [9.17, 15) is 4.79 Å². The molecule has 0 heterocycles. The van der Waals surface area contributed by atoms with E-state index >= 15 is 0 Å². The maximum atomic E-state index is 10.1. The SMILES string of the molecule is Cc1cc(C(C)C)cc(CN=C=O)c1C. The summed E-state index contributed by atoms with van der Waals surface area (Å²) in [5, 5.41) is 0. The highest BCUT2D eigenvalue weighted by atomic mass is 16.1. The van der Waals surface area contributed by atoms with Crippen LogP contribution >= 0.6 is 0 Å². The van der Waals surface area contributed by atoms with Crippen molar-refractivity contribution in [3.8, 4) is 0 Å². The van der Waals surface area contributed by atoms with Crippen molar-refractivity contribution in [2.45, 2.75) is 40.2 Å². The summed E-state index contributed by atoms with van der Waals surface area (Å²) in [5.41, 5.74) is 4.91. The Morgan fingerprint density at radius 3 is 2.53 bits per heavy atom. The fourth-order valence-corrected chi connectivity index (χ4v) is 1.58. The van der Waals surface area contributed by atoms with Crippen LogP contribution in [0.15, 0.2) is 17.1 Å². The molecule has 0 bridgehead atoms. The van der Waals surface area contributed by atoms with Gasteiger partial charge in [0.05, 0.1) is 6.54 Å². The highest BCUT2D eigenvalue weighted by Gasteiger charge is 2.06. The van der Waals surface area contributed by atoms with Gasteiger partial charge in [0.2, 0.25) is 6.08 Å². The van der Waals surface area contributed by atoms with Crippen LogP contribution in [-0.2, 0) is 11.3 Å². The van der Waals surface area contributed by atoms with Crippen molar-refractivity contribution >= 4 is 6.08 Å². The Bertz CT molecular complexity index is 401. The maximum absolute atomic E-state index is 10.1. The fraction of sp³-hybridized carbons (Fsp3) is 0.462. The number of hydrogen-bond acceptors (Lipinski definition) is 2. The normalized spacial score (nSPS) is 10.2. The van der Waals surface area contributed by atoms with Crippen molar-refractivity contribution in [2.24, 2.45) is 4.99 Å². The van der Waals surface area contributed by atoms with Crippen LogP contribution in [-0.4, -0.2) is 6.08 Å². The van der Waals surface area contributed by atoms with Gasteiger partial charge in [-0.05, 0) is 42.0 Å². The van der Waals surface area contributed by atoms with E-state index in [-0.39, 0.29) is 0 Å². The molecule has 1 rings (SSSR count). The van der Waals surface area contributed by atoms with E-state index in [0.29, 0.717) is 12.5 Å². The van der Waals surface area contributed by atoms with Gasteiger partial charge in [-0.15, -0.1) is 0 Å². The highest BCUT2D eigenvalue weighted by molar-refractivity contribution is 5.40. The lowest BCUT2D eigenvalue weighted by Crippen LogP contribution is -1.96. The van der Waals surface area contributed by atoms with Gasteiger partial charge < -0.3 is 0 Å². The number of rotatable bonds is 3. The summed E-state index contributed by atoms with van der Waals surface area (Å²) in [5.74, 6) is 0.503. The lowest BCUT2D eigenvalue weighted by atomic mass is 9.94. The van der Waals surface area contributed by atoms with Crippen molar-refractivity contribution < 1.29 is 4.79 Å². The summed E-state index contributed by atoms with van der Waals surface area (Å²) in [7, 11) is 0. The first-order valence-corrected chi connectivity index (χ1v) is 5.20. The fourth-order valence-electron chi connectivity index (χ4n) is 1.58. The average molecular weight is 203 g/mol. The molecule has 0 aliphatic rings. The van der Waals surface area contributed by atoms with E-state index in [2.05, 4.69) is 44.8 Å². The van der Waals surface area contributed by atoms with Gasteiger partial charge in [-0.1, -0.05) is 26.0 Å². The monoisotopic (exact) mass is 203 g/mol. The van der Waals surface area contributed by atoms with Gasteiger partial charge in [0.25, 0.3) is 0 Å². The van der Waals surface area contributed by atoms with Crippen LogP contribution in [0.25, 0.3) is 0 Å². The van der Waals surface area contributed by atoms with Gasteiger partial charge in [-0.2, -0.15) is 0 Å². The lowest BCUT2D eigenvalue weighted by Gasteiger charge is -2.12. The van der Waals surface area contributed by atoms with Crippen molar-refractivity contribution in [3.63, 3.8) is 0 Å². The first-order chi connectivity index (χ1) is 7.06. The van der Waals surface area contributed by atoms with Crippen LogP contribution in [0, 0.1) is 13.8 Å². The predicted molar refractivity (Wildman–Crippen MR) is 61.8 cm³/mol. The molecule has 0 radical (unpaired) electrons. The molecule has 0 N–H and O–H groups in total. The number of carbonyl (C=O) groups excluding carboxylic acids is 1. The quantitative estimate of drug-likeness (QED) is 0.547. The molecule has 0 amide bonds. The summed E-state index contributed by atoms with van der Waals surface area (Å²) in [6.45, 7) is 8.93. The minimum absolute atomic E-state index is 0.441. The number of isocyanates is 1. The molecule has 0 atom stereocenters. The number of nitrogens with zero attached hydrogens (tertiary/aromatic N) is 1.